The van der Waals surface area contributed by atoms with E-state index in [-0.39, 0.29) is 60.3 Å². The topological polar surface area (TPSA) is 199 Å². The first-order chi connectivity index (χ1) is 34.0. The van der Waals surface area contributed by atoms with Crippen molar-refractivity contribution in [2.45, 2.75) is 161 Å². The van der Waals surface area contributed by atoms with Crippen LogP contribution in [0.25, 0.3) is 0 Å². The molecule has 4 N–H and O–H groups in total. The summed E-state index contributed by atoms with van der Waals surface area (Å²) >= 11 is 0. The number of hydrogen-bond acceptors (Lipinski definition) is 12. The maximum Gasteiger partial charge on any atom is 0.328 e. The van der Waals surface area contributed by atoms with Crippen molar-refractivity contribution in [3.05, 3.63) is 59.7 Å². The maximum atomic E-state index is 14.8. The molecule has 394 valence electrons. The fourth-order valence-electron chi connectivity index (χ4n) is 11.6. The lowest BCUT2D eigenvalue weighted by molar-refractivity contribution is -0.149. The van der Waals surface area contributed by atoms with Crippen LogP contribution in [0.5, 0.6) is 5.75 Å². The number of piperidine rings is 1. The zero-order chi connectivity index (χ0) is 51.9. The van der Waals surface area contributed by atoms with E-state index in [0.29, 0.717) is 55.0 Å². The average Bonchev–Trinajstić information content (AvgIpc) is 4.07. The molecule has 2 heterocycles. The van der Waals surface area contributed by atoms with Gasteiger partial charge in [0.15, 0.2) is 6.29 Å². The summed E-state index contributed by atoms with van der Waals surface area (Å²) in [7, 11) is 6.15. The molecule has 2 aromatic rings. The maximum absolute atomic E-state index is 14.8. The van der Waals surface area contributed by atoms with Crippen LogP contribution in [-0.4, -0.2) is 147 Å². The first-order valence-corrected chi connectivity index (χ1v) is 26.1. The summed E-state index contributed by atoms with van der Waals surface area (Å²) in [6, 6.07) is 11.9. The first-order valence-electron chi connectivity index (χ1n) is 26.1. The molecule has 2 bridgehead atoms. The minimum Gasteiger partial charge on any atom is -0.494 e. The van der Waals surface area contributed by atoms with E-state index < -0.39 is 48.3 Å². The van der Waals surface area contributed by atoms with E-state index in [1.165, 1.54) is 14.2 Å². The molecule has 3 fully saturated rings. The smallest absolute Gasteiger partial charge is 0.328 e. The van der Waals surface area contributed by atoms with Crippen molar-refractivity contribution < 1.29 is 47.7 Å². The second-order valence-corrected chi connectivity index (χ2v) is 20.6. The Morgan fingerprint density at radius 3 is 2.27 bits per heavy atom. The number of anilines is 1. The minimum absolute atomic E-state index is 0.00671. The van der Waals surface area contributed by atoms with Gasteiger partial charge in [-0.1, -0.05) is 91.1 Å². The van der Waals surface area contributed by atoms with Crippen molar-refractivity contribution >= 4 is 41.6 Å². The number of fused-ring (bicyclic) bond motifs is 2. The van der Waals surface area contributed by atoms with Gasteiger partial charge in [-0.15, -0.1) is 0 Å². The normalized spacial score (nSPS) is 22.7. The number of hydrogen-bond donors (Lipinski definition) is 3. The van der Waals surface area contributed by atoms with Gasteiger partial charge in [0.05, 0.1) is 56.4 Å². The summed E-state index contributed by atoms with van der Waals surface area (Å²) in [5.41, 5.74) is 7.65. The number of carbonyl (C=O) groups is 6. The van der Waals surface area contributed by atoms with E-state index in [1.807, 2.05) is 44.2 Å². The molecule has 0 unspecified atom stereocenters. The molecule has 3 aliphatic rings. The molecule has 12 atom stereocenters. The van der Waals surface area contributed by atoms with Crippen LogP contribution in [0.4, 0.5) is 5.69 Å². The van der Waals surface area contributed by atoms with Gasteiger partial charge in [-0.2, -0.15) is 0 Å². The third-order valence-electron chi connectivity index (χ3n) is 15.9. The van der Waals surface area contributed by atoms with Crippen LogP contribution in [0.15, 0.2) is 48.5 Å². The Morgan fingerprint density at radius 1 is 0.915 bits per heavy atom. The number of amides is 4. The molecule has 2 aromatic carbocycles. The molecule has 2 saturated heterocycles. The number of benzene rings is 2. The zero-order valence-corrected chi connectivity index (χ0v) is 44.1. The Morgan fingerprint density at radius 2 is 1.63 bits per heavy atom. The number of nitrogens with one attached hydrogen (secondary N) is 2. The lowest BCUT2D eigenvalue weighted by atomic mass is 9.89. The van der Waals surface area contributed by atoms with Gasteiger partial charge in [-0.05, 0) is 86.4 Å². The van der Waals surface area contributed by atoms with Crippen LogP contribution in [0.3, 0.4) is 0 Å². The van der Waals surface area contributed by atoms with Gasteiger partial charge in [0.1, 0.15) is 17.8 Å². The predicted molar refractivity (Wildman–Crippen MR) is 273 cm³/mol. The Bertz CT molecular complexity index is 2070. The highest BCUT2D eigenvalue weighted by Gasteiger charge is 2.54. The highest BCUT2D eigenvalue weighted by atomic mass is 16.5. The molecule has 16 heteroatoms. The van der Waals surface area contributed by atoms with E-state index in [0.717, 1.165) is 63.3 Å². The van der Waals surface area contributed by atoms with Crippen LogP contribution >= 0.6 is 0 Å². The number of ether oxygens (including phenoxy) is 4. The Balaban J connectivity index is 1.20. The molecule has 1 aliphatic carbocycles. The number of carbonyl (C=O) groups excluding carboxylic acids is 6. The van der Waals surface area contributed by atoms with Gasteiger partial charge in [0.2, 0.25) is 23.6 Å². The SMILES string of the molecule is CC[C@H](C)[C@@H]([C@@H](CC(=O)N1CCC[C@H]1[C@H](OC)[C@@H](C)C(=O)N[C@@H](Cc1ccccc1)C(=O)OC)OC)N(C)C(=O)[C@@H](NC(=O)[C@@H]1[C@H]2CC[C@@H]([C@H]2C)N1CCCCCCOc1ccc(C=O)c(N)c1)C(C)C. The number of nitrogens with zero attached hydrogens (tertiary/aromatic N) is 3. The molecular weight excluding hydrogens is 905 g/mol. The van der Waals surface area contributed by atoms with Crippen molar-refractivity contribution in [3.63, 3.8) is 0 Å². The van der Waals surface area contributed by atoms with E-state index in [1.54, 1.807) is 49.1 Å². The van der Waals surface area contributed by atoms with Crippen molar-refractivity contribution in [1.82, 2.24) is 25.3 Å². The highest BCUT2D eigenvalue weighted by Crippen LogP contribution is 2.47. The summed E-state index contributed by atoms with van der Waals surface area (Å²) < 4.78 is 23.0. The summed E-state index contributed by atoms with van der Waals surface area (Å²) in [6.07, 6.45) is 7.51. The molecular formula is C55H84N6O10. The summed E-state index contributed by atoms with van der Waals surface area (Å²) in [4.78, 5) is 87.3. The molecule has 16 nitrogen and oxygen atoms in total. The third kappa shape index (κ3) is 14.1. The van der Waals surface area contributed by atoms with Gasteiger partial charge in [-0.25, -0.2) is 4.79 Å². The average molecular weight is 989 g/mol. The van der Waals surface area contributed by atoms with Gasteiger partial charge in [0.25, 0.3) is 0 Å². The number of likely N-dealkylation sites (N-methyl/N-ethyl adjacent to an activating group) is 1. The standard InChI is InChI=1S/C55H84N6O10/c1-11-35(4)49(46(68-8)32-47(63)60-28-19-22-45(60)51(69-9)37(6)52(64)57-43(55(67)70-10)30-38-20-15-14-16-21-38)59(7)54(66)48(34(2)3)58-53(65)50-41-25-26-44(36(41)5)61(50)27-17-12-13-18-29-71-40-24-23-39(33-62)42(56)31-40/h14-16,20-21,23-24,31,33-37,41,43-46,48-51H,11-13,17-19,22,25-30,32,56H2,1-10H3,(H,57,64)(H,58,65)/t35-,36-,37+,41-,43-,44-,45-,46+,48-,49-,50-,51+/m0/s1. The number of unbranched alkanes of at least 4 members (excludes halogenated alkanes) is 3. The molecule has 5 rings (SSSR count). The fourth-order valence-corrected chi connectivity index (χ4v) is 11.6. The largest absolute Gasteiger partial charge is 0.494 e. The number of nitrogens with two attached hydrogens (primary N) is 1. The summed E-state index contributed by atoms with van der Waals surface area (Å²) in [6.45, 7) is 13.8. The Labute approximate surface area is 422 Å². The lowest BCUT2D eigenvalue weighted by Crippen LogP contribution is -2.60. The second kappa shape index (κ2) is 27.1. The van der Waals surface area contributed by atoms with Crippen molar-refractivity contribution in [2.75, 3.05) is 53.8 Å². The van der Waals surface area contributed by atoms with Crippen LogP contribution in [0.1, 0.15) is 122 Å². The Hall–Kier alpha value is -5.06. The zero-order valence-electron chi connectivity index (χ0n) is 44.1. The van der Waals surface area contributed by atoms with E-state index in [4.69, 9.17) is 24.7 Å². The Kier molecular flexibility index (Phi) is 21.7. The van der Waals surface area contributed by atoms with E-state index in [9.17, 15) is 28.8 Å². The molecule has 0 radical (unpaired) electrons. The van der Waals surface area contributed by atoms with Gasteiger partial charge >= 0.3 is 5.97 Å². The van der Waals surface area contributed by atoms with Crippen molar-refractivity contribution in [3.8, 4) is 5.75 Å². The van der Waals surface area contributed by atoms with E-state index in [2.05, 4.69) is 36.3 Å². The van der Waals surface area contributed by atoms with Crippen LogP contribution in [0.2, 0.25) is 0 Å². The molecule has 0 spiro atoms. The van der Waals surface area contributed by atoms with Crippen LogP contribution in [-0.2, 0) is 44.6 Å². The summed E-state index contributed by atoms with van der Waals surface area (Å²) in [5.74, 6) is -1.19. The third-order valence-corrected chi connectivity index (χ3v) is 15.9. The van der Waals surface area contributed by atoms with Crippen LogP contribution in [0, 0.1) is 29.6 Å². The van der Waals surface area contributed by atoms with E-state index >= 15 is 0 Å². The summed E-state index contributed by atoms with van der Waals surface area (Å²) in [5, 5.41) is 6.13. The molecule has 2 aliphatic heterocycles. The number of likely N-dealkylation sites (tertiary alicyclic amines) is 2. The molecule has 0 aromatic heterocycles. The quantitative estimate of drug-likeness (QED) is 0.0385. The molecule has 71 heavy (non-hydrogen) atoms. The monoisotopic (exact) mass is 989 g/mol. The van der Waals surface area contributed by atoms with Gasteiger partial charge in [-0.3, -0.25) is 28.9 Å². The van der Waals surface area contributed by atoms with Gasteiger partial charge < -0.3 is 45.1 Å². The van der Waals surface area contributed by atoms with Crippen LogP contribution < -0.4 is 21.1 Å². The first kappa shape index (κ1) is 56.8. The number of nitrogen functional groups attached to an aromatic ring is 1. The lowest BCUT2D eigenvalue weighted by Gasteiger charge is -2.41. The van der Waals surface area contributed by atoms with Crippen molar-refractivity contribution in [1.29, 1.82) is 0 Å². The molecule has 1 saturated carbocycles. The number of methoxy groups -OCH3 is 3. The van der Waals surface area contributed by atoms with Gasteiger partial charge in [0, 0.05) is 57.6 Å². The minimum atomic E-state index is -0.904. The molecule has 4 amide bonds. The fraction of sp³-hybridized carbons (Fsp3) is 0.673. The number of esters is 1. The number of rotatable bonds is 28. The predicted octanol–water partition coefficient (Wildman–Crippen LogP) is 6.08. The second-order valence-electron chi connectivity index (χ2n) is 20.6. The van der Waals surface area contributed by atoms with Crippen molar-refractivity contribution in [2.24, 2.45) is 29.6 Å². The number of aldehydes is 1. The highest BCUT2D eigenvalue weighted by molar-refractivity contribution is 5.91.